The van der Waals surface area contributed by atoms with Gasteiger partial charge in [-0.25, -0.2) is 8.42 Å². The van der Waals surface area contributed by atoms with E-state index in [1.54, 1.807) is 20.3 Å². The Morgan fingerprint density at radius 3 is 2.78 bits per heavy atom. The van der Waals surface area contributed by atoms with Gasteiger partial charge >= 0.3 is 0 Å². The Morgan fingerprint density at radius 1 is 1.56 bits per heavy atom. The van der Waals surface area contributed by atoms with Crippen LogP contribution < -0.4 is 5.32 Å². The van der Waals surface area contributed by atoms with Gasteiger partial charge in [0.25, 0.3) is 10.0 Å². The molecule has 1 aromatic heterocycles. The minimum Gasteiger partial charge on any atom is -0.316 e. The Kier molecular flexibility index (Phi) is 5.30. The van der Waals surface area contributed by atoms with Gasteiger partial charge in [-0.1, -0.05) is 13.3 Å². The molecule has 104 valence electrons. The van der Waals surface area contributed by atoms with E-state index < -0.39 is 10.0 Å². The summed E-state index contributed by atoms with van der Waals surface area (Å²) in [5, 5.41) is 9.53. The van der Waals surface area contributed by atoms with Gasteiger partial charge in [0.2, 0.25) is 0 Å². The number of H-pyrrole nitrogens is 1. The Balaban J connectivity index is 3.01. The normalized spacial score (nSPS) is 14.1. The zero-order chi connectivity index (χ0) is 13.8. The van der Waals surface area contributed by atoms with Crippen molar-refractivity contribution in [3.05, 3.63) is 11.8 Å². The number of nitrogens with one attached hydrogen (secondary N) is 2. The van der Waals surface area contributed by atoms with Crippen LogP contribution in [0, 0.1) is 0 Å². The molecule has 0 amide bonds. The summed E-state index contributed by atoms with van der Waals surface area (Å²) in [7, 11) is -0.113. The number of aromatic amines is 1. The molecule has 0 saturated heterocycles. The van der Waals surface area contributed by atoms with E-state index in [2.05, 4.69) is 15.5 Å². The number of hydrogen-bond acceptors (Lipinski definition) is 4. The second-order valence-corrected chi connectivity index (χ2v) is 6.35. The third-order valence-corrected chi connectivity index (χ3v) is 5.00. The molecule has 18 heavy (non-hydrogen) atoms. The van der Waals surface area contributed by atoms with E-state index in [4.69, 9.17) is 0 Å². The van der Waals surface area contributed by atoms with Crippen LogP contribution >= 0.6 is 0 Å². The molecule has 0 spiro atoms. The third-order valence-electron chi connectivity index (χ3n) is 3.01. The molecule has 0 radical (unpaired) electrons. The van der Waals surface area contributed by atoms with E-state index in [1.807, 2.05) is 13.8 Å². The van der Waals surface area contributed by atoms with Crippen LogP contribution in [0.5, 0.6) is 0 Å². The molecular weight excluding hydrogens is 252 g/mol. The Hall–Kier alpha value is -0.920. The highest BCUT2D eigenvalue weighted by molar-refractivity contribution is 7.89. The molecule has 0 aliphatic rings. The largest absolute Gasteiger partial charge is 0.316 e. The van der Waals surface area contributed by atoms with E-state index in [0.717, 1.165) is 12.8 Å². The van der Waals surface area contributed by atoms with Gasteiger partial charge < -0.3 is 5.32 Å². The molecule has 0 aliphatic carbocycles. The van der Waals surface area contributed by atoms with E-state index in [9.17, 15) is 8.42 Å². The molecule has 1 rings (SSSR count). The first kappa shape index (κ1) is 15.1. The van der Waals surface area contributed by atoms with Crippen LogP contribution in [0.1, 0.15) is 32.3 Å². The van der Waals surface area contributed by atoms with E-state index in [1.165, 1.54) is 4.31 Å². The van der Waals surface area contributed by atoms with E-state index >= 15 is 0 Å². The highest BCUT2D eigenvalue weighted by atomic mass is 32.2. The van der Waals surface area contributed by atoms with Crippen molar-refractivity contribution in [1.82, 2.24) is 19.8 Å². The zero-order valence-electron chi connectivity index (χ0n) is 11.4. The number of rotatable bonds is 7. The topological polar surface area (TPSA) is 78.1 Å². The average molecular weight is 274 g/mol. The van der Waals surface area contributed by atoms with Crippen molar-refractivity contribution in [2.45, 2.75) is 44.3 Å². The molecule has 7 heteroatoms. The van der Waals surface area contributed by atoms with Gasteiger partial charge in [-0.3, -0.25) is 5.10 Å². The van der Waals surface area contributed by atoms with Crippen LogP contribution in [0.4, 0.5) is 0 Å². The summed E-state index contributed by atoms with van der Waals surface area (Å²) < 4.78 is 26.3. The molecule has 6 nitrogen and oxygen atoms in total. The van der Waals surface area contributed by atoms with Crippen molar-refractivity contribution in [3.8, 4) is 0 Å². The number of sulfonamides is 1. The SMILES string of the molecule is CCCC(C)N(C)S(=O)(=O)c1[nH]ncc1CNC. The van der Waals surface area contributed by atoms with Crippen molar-refractivity contribution >= 4 is 10.0 Å². The molecule has 0 fully saturated rings. The van der Waals surface area contributed by atoms with Crippen LogP contribution in [-0.4, -0.2) is 43.1 Å². The van der Waals surface area contributed by atoms with Crippen LogP contribution in [0.3, 0.4) is 0 Å². The van der Waals surface area contributed by atoms with Gasteiger partial charge in [0.15, 0.2) is 5.03 Å². The highest BCUT2D eigenvalue weighted by Gasteiger charge is 2.28. The zero-order valence-corrected chi connectivity index (χ0v) is 12.2. The standard InChI is InChI=1S/C11H22N4O2S/c1-5-6-9(2)15(4)18(16,17)11-10(7-12-3)8-13-14-11/h8-9,12H,5-7H2,1-4H3,(H,13,14). The maximum absolute atomic E-state index is 12.4. The quantitative estimate of drug-likeness (QED) is 0.775. The molecular formula is C11H22N4O2S. The van der Waals surface area contributed by atoms with Crippen LogP contribution in [0.2, 0.25) is 0 Å². The van der Waals surface area contributed by atoms with Gasteiger partial charge in [0, 0.05) is 25.2 Å². The Morgan fingerprint density at radius 2 is 2.22 bits per heavy atom. The second-order valence-electron chi connectivity index (χ2n) is 4.41. The summed E-state index contributed by atoms with van der Waals surface area (Å²) in [4.78, 5) is 0. The monoisotopic (exact) mass is 274 g/mol. The van der Waals surface area contributed by atoms with Gasteiger partial charge in [-0.05, 0) is 20.4 Å². The first-order valence-corrected chi connectivity index (χ1v) is 7.54. The van der Waals surface area contributed by atoms with Crippen molar-refractivity contribution in [1.29, 1.82) is 0 Å². The summed E-state index contributed by atoms with van der Waals surface area (Å²) in [6.45, 7) is 4.43. The third kappa shape index (κ3) is 3.09. The summed E-state index contributed by atoms with van der Waals surface area (Å²) in [5.41, 5.74) is 0.660. The smallest absolute Gasteiger partial charge is 0.260 e. The first-order valence-electron chi connectivity index (χ1n) is 6.10. The lowest BCUT2D eigenvalue weighted by Crippen LogP contribution is -2.35. The fraction of sp³-hybridized carbons (Fsp3) is 0.727. The number of aromatic nitrogens is 2. The van der Waals surface area contributed by atoms with Crippen molar-refractivity contribution in [2.24, 2.45) is 0 Å². The molecule has 2 N–H and O–H groups in total. The van der Waals surface area contributed by atoms with Gasteiger partial charge in [0.1, 0.15) is 0 Å². The van der Waals surface area contributed by atoms with Gasteiger partial charge in [-0.2, -0.15) is 9.40 Å². The minimum absolute atomic E-state index is 0.0225. The molecule has 0 aromatic carbocycles. The summed E-state index contributed by atoms with van der Waals surface area (Å²) in [6.07, 6.45) is 3.33. The maximum Gasteiger partial charge on any atom is 0.260 e. The van der Waals surface area contributed by atoms with Crippen molar-refractivity contribution in [3.63, 3.8) is 0 Å². The maximum atomic E-state index is 12.4. The summed E-state index contributed by atoms with van der Waals surface area (Å²) >= 11 is 0. The van der Waals surface area contributed by atoms with Gasteiger partial charge in [0.05, 0.1) is 6.20 Å². The van der Waals surface area contributed by atoms with Crippen molar-refractivity contribution < 1.29 is 8.42 Å². The number of hydrogen-bond donors (Lipinski definition) is 2. The van der Waals surface area contributed by atoms with E-state index in [-0.39, 0.29) is 11.1 Å². The predicted molar refractivity (Wildman–Crippen MR) is 70.7 cm³/mol. The molecule has 1 aromatic rings. The lowest BCUT2D eigenvalue weighted by Gasteiger charge is -2.23. The Bertz CT molecular complexity index is 469. The number of nitrogens with zero attached hydrogens (tertiary/aromatic N) is 2. The average Bonchev–Trinajstić information content (AvgIpc) is 2.77. The lowest BCUT2D eigenvalue weighted by molar-refractivity contribution is 0.367. The summed E-state index contributed by atoms with van der Waals surface area (Å²) in [5.74, 6) is 0. The van der Waals surface area contributed by atoms with Gasteiger partial charge in [-0.15, -0.1) is 0 Å². The van der Waals surface area contributed by atoms with Crippen LogP contribution in [0.25, 0.3) is 0 Å². The Labute approximate surface area is 109 Å². The predicted octanol–water partition coefficient (Wildman–Crippen LogP) is 0.938. The second kappa shape index (κ2) is 6.31. The molecule has 1 unspecified atom stereocenters. The highest BCUT2D eigenvalue weighted by Crippen LogP contribution is 2.19. The fourth-order valence-corrected chi connectivity index (χ4v) is 3.31. The molecule has 0 aliphatic heterocycles. The fourth-order valence-electron chi connectivity index (χ4n) is 1.82. The molecule has 1 atom stereocenters. The first-order chi connectivity index (χ1) is 8.45. The van der Waals surface area contributed by atoms with Crippen molar-refractivity contribution in [2.75, 3.05) is 14.1 Å². The van der Waals surface area contributed by atoms with Crippen LogP contribution in [0.15, 0.2) is 11.2 Å². The molecule has 0 bridgehead atoms. The minimum atomic E-state index is -3.49. The lowest BCUT2D eigenvalue weighted by atomic mass is 10.2. The molecule has 0 saturated carbocycles. The van der Waals surface area contributed by atoms with Crippen LogP contribution in [-0.2, 0) is 16.6 Å². The van der Waals surface area contributed by atoms with E-state index in [0.29, 0.717) is 12.1 Å². The molecule has 1 heterocycles. The summed E-state index contributed by atoms with van der Waals surface area (Å²) in [6, 6.07) is -0.0225.